The summed E-state index contributed by atoms with van der Waals surface area (Å²) < 4.78 is 17.3. The molecule has 3 heteroatoms. The van der Waals surface area contributed by atoms with E-state index < -0.39 is 0 Å². The smallest absolute Gasteiger partial charge is 0.134 e. The van der Waals surface area contributed by atoms with Gasteiger partial charge in [-0.15, -0.1) is 0 Å². The van der Waals surface area contributed by atoms with Gasteiger partial charge in [-0.1, -0.05) is 24.3 Å². The molecule has 0 spiro atoms. The molecule has 3 aromatic rings. The van der Waals surface area contributed by atoms with Gasteiger partial charge < -0.3 is 13.9 Å². The van der Waals surface area contributed by atoms with Gasteiger partial charge in [0.05, 0.1) is 0 Å². The number of furan rings is 1. The summed E-state index contributed by atoms with van der Waals surface area (Å²) in [5.41, 5.74) is 2.04. The Morgan fingerprint density at radius 1 is 0.630 bits per heavy atom. The molecule has 138 valence electrons. The molecule has 0 atom stereocenters. The Hall–Kier alpha value is -3.20. The molecule has 0 bridgehead atoms. The van der Waals surface area contributed by atoms with Crippen molar-refractivity contribution in [2.24, 2.45) is 0 Å². The molecule has 27 heavy (non-hydrogen) atoms. The molecular weight excluding hydrogens is 336 g/mol. The number of hydrogen-bond donors (Lipinski definition) is 0. The standard InChI is InChI=1S/C24H24O3/c1-3-5-17-25-21-11-7-19(8-12-21)23-15-16-24(27-23)20-9-13-22(14-10-20)26-18-6-4-2/h3-16H,17-18H2,1-2H3/b5-3+,6-4+. The summed E-state index contributed by atoms with van der Waals surface area (Å²) in [7, 11) is 0. The Balaban J connectivity index is 1.67. The second-order valence-electron chi connectivity index (χ2n) is 5.97. The molecule has 1 aromatic heterocycles. The van der Waals surface area contributed by atoms with Gasteiger partial charge in [-0.2, -0.15) is 0 Å². The summed E-state index contributed by atoms with van der Waals surface area (Å²) in [5, 5.41) is 0. The zero-order valence-corrected chi connectivity index (χ0v) is 15.7. The largest absolute Gasteiger partial charge is 0.490 e. The minimum atomic E-state index is 0.579. The van der Waals surface area contributed by atoms with Gasteiger partial charge in [0.2, 0.25) is 0 Å². The van der Waals surface area contributed by atoms with E-state index in [1.54, 1.807) is 0 Å². The quantitative estimate of drug-likeness (QED) is 0.428. The third-order valence-electron chi connectivity index (χ3n) is 4.05. The van der Waals surface area contributed by atoms with E-state index in [1.807, 2.05) is 98.8 Å². The van der Waals surface area contributed by atoms with Gasteiger partial charge in [0.15, 0.2) is 0 Å². The van der Waals surface area contributed by atoms with Gasteiger partial charge in [0, 0.05) is 11.1 Å². The molecule has 0 N–H and O–H groups in total. The van der Waals surface area contributed by atoms with Crippen molar-refractivity contribution in [3.8, 4) is 34.1 Å². The van der Waals surface area contributed by atoms with Gasteiger partial charge in [-0.25, -0.2) is 0 Å². The molecule has 0 radical (unpaired) electrons. The molecule has 0 aliphatic heterocycles. The summed E-state index contributed by atoms with van der Waals surface area (Å²) in [6, 6.07) is 19.8. The van der Waals surface area contributed by atoms with E-state index >= 15 is 0 Å². The summed E-state index contributed by atoms with van der Waals surface area (Å²) in [6.07, 6.45) is 7.90. The summed E-state index contributed by atoms with van der Waals surface area (Å²) in [5.74, 6) is 3.35. The lowest BCUT2D eigenvalue weighted by Gasteiger charge is -2.05. The Morgan fingerprint density at radius 3 is 1.41 bits per heavy atom. The topological polar surface area (TPSA) is 31.6 Å². The first kappa shape index (κ1) is 18.6. The van der Waals surface area contributed by atoms with Crippen molar-refractivity contribution in [3.63, 3.8) is 0 Å². The molecule has 3 nitrogen and oxygen atoms in total. The van der Waals surface area contributed by atoms with E-state index in [0.717, 1.165) is 34.1 Å². The number of ether oxygens (including phenoxy) is 2. The maximum absolute atomic E-state index is 6.03. The number of benzene rings is 2. The Labute approximate surface area is 160 Å². The van der Waals surface area contributed by atoms with Crippen LogP contribution in [0.4, 0.5) is 0 Å². The van der Waals surface area contributed by atoms with Crippen molar-refractivity contribution in [2.75, 3.05) is 13.2 Å². The highest BCUT2D eigenvalue weighted by atomic mass is 16.5. The normalized spacial score (nSPS) is 11.3. The van der Waals surface area contributed by atoms with Crippen LogP contribution in [0.25, 0.3) is 22.6 Å². The highest BCUT2D eigenvalue weighted by Crippen LogP contribution is 2.30. The van der Waals surface area contributed by atoms with Crippen LogP contribution in [-0.2, 0) is 0 Å². The summed E-state index contributed by atoms with van der Waals surface area (Å²) in [4.78, 5) is 0. The first-order valence-corrected chi connectivity index (χ1v) is 9.09. The molecule has 0 fully saturated rings. The van der Waals surface area contributed by atoms with Crippen molar-refractivity contribution in [3.05, 3.63) is 85.0 Å². The van der Waals surface area contributed by atoms with Gasteiger partial charge in [-0.3, -0.25) is 0 Å². The average molecular weight is 360 g/mol. The highest BCUT2D eigenvalue weighted by molar-refractivity contribution is 5.65. The lowest BCUT2D eigenvalue weighted by Crippen LogP contribution is -1.92. The first-order valence-electron chi connectivity index (χ1n) is 9.09. The van der Waals surface area contributed by atoms with Crippen molar-refractivity contribution >= 4 is 0 Å². The van der Waals surface area contributed by atoms with E-state index in [4.69, 9.17) is 13.9 Å². The Kier molecular flexibility index (Phi) is 6.53. The van der Waals surface area contributed by atoms with Crippen LogP contribution in [0.2, 0.25) is 0 Å². The number of rotatable bonds is 8. The van der Waals surface area contributed by atoms with Gasteiger partial charge >= 0.3 is 0 Å². The van der Waals surface area contributed by atoms with Crippen LogP contribution in [0.5, 0.6) is 11.5 Å². The monoisotopic (exact) mass is 360 g/mol. The van der Waals surface area contributed by atoms with Crippen LogP contribution in [-0.4, -0.2) is 13.2 Å². The van der Waals surface area contributed by atoms with Crippen LogP contribution in [0.3, 0.4) is 0 Å². The predicted octanol–water partition coefficient (Wildman–Crippen LogP) is 6.52. The van der Waals surface area contributed by atoms with Crippen LogP contribution >= 0.6 is 0 Å². The molecular formula is C24H24O3. The second-order valence-corrected chi connectivity index (χ2v) is 5.97. The van der Waals surface area contributed by atoms with Crippen LogP contribution in [0, 0.1) is 0 Å². The van der Waals surface area contributed by atoms with Crippen molar-refractivity contribution in [1.29, 1.82) is 0 Å². The lowest BCUT2D eigenvalue weighted by atomic mass is 10.1. The fraction of sp³-hybridized carbons (Fsp3) is 0.167. The predicted molar refractivity (Wildman–Crippen MR) is 110 cm³/mol. The Bertz CT molecular complexity index is 810. The van der Waals surface area contributed by atoms with Gasteiger partial charge in [0.1, 0.15) is 36.2 Å². The van der Waals surface area contributed by atoms with E-state index in [9.17, 15) is 0 Å². The summed E-state index contributed by atoms with van der Waals surface area (Å²) >= 11 is 0. The van der Waals surface area contributed by atoms with Crippen LogP contribution in [0.15, 0.2) is 89.4 Å². The molecule has 1 heterocycles. The molecule has 0 aliphatic rings. The van der Waals surface area contributed by atoms with E-state index in [-0.39, 0.29) is 0 Å². The highest BCUT2D eigenvalue weighted by Gasteiger charge is 2.07. The minimum absolute atomic E-state index is 0.579. The SMILES string of the molecule is C/C=C/COc1ccc(-c2ccc(-c3ccc(OC/C=C/C)cc3)o2)cc1. The number of allylic oxidation sites excluding steroid dienone is 2. The maximum atomic E-state index is 6.03. The first-order chi connectivity index (χ1) is 13.3. The molecule has 2 aromatic carbocycles. The lowest BCUT2D eigenvalue weighted by molar-refractivity contribution is 0.362. The van der Waals surface area contributed by atoms with Gasteiger partial charge in [-0.05, 0) is 74.5 Å². The van der Waals surface area contributed by atoms with Crippen LogP contribution < -0.4 is 9.47 Å². The van der Waals surface area contributed by atoms with E-state index in [1.165, 1.54) is 0 Å². The van der Waals surface area contributed by atoms with E-state index in [2.05, 4.69) is 0 Å². The van der Waals surface area contributed by atoms with E-state index in [0.29, 0.717) is 13.2 Å². The number of hydrogen-bond acceptors (Lipinski definition) is 3. The van der Waals surface area contributed by atoms with Crippen molar-refractivity contribution < 1.29 is 13.9 Å². The zero-order chi connectivity index (χ0) is 18.9. The zero-order valence-electron chi connectivity index (χ0n) is 15.7. The molecule has 0 amide bonds. The maximum Gasteiger partial charge on any atom is 0.134 e. The third-order valence-corrected chi connectivity index (χ3v) is 4.05. The molecule has 3 rings (SSSR count). The Morgan fingerprint density at radius 2 is 1.04 bits per heavy atom. The van der Waals surface area contributed by atoms with Crippen molar-refractivity contribution in [1.82, 2.24) is 0 Å². The molecule has 0 saturated heterocycles. The average Bonchev–Trinajstić information content (AvgIpc) is 3.20. The third kappa shape index (κ3) is 5.14. The molecule has 0 unspecified atom stereocenters. The van der Waals surface area contributed by atoms with Crippen LogP contribution in [0.1, 0.15) is 13.8 Å². The summed E-state index contributed by atoms with van der Waals surface area (Å²) in [6.45, 7) is 5.11. The fourth-order valence-corrected chi connectivity index (χ4v) is 2.56. The fourth-order valence-electron chi connectivity index (χ4n) is 2.56. The molecule has 0 saturated carbocycles. The second kappa shape index (κ2) is 9.48. The minimum Gasteiger partial charge on any atom is -0.490 e. The van der Waals surface area contributed by atoms with Crippen molar-refractivity contribution in [2.45, 2.75) is 13.8 Å². The molecule has 0 aliphatic carbocycles. The van der Waals surface area contributed by atoms with Gasteiger partial charge in [0.25, 0.3) is 0 Å².